The summed E-state index contributed by atoms with van der Waals surface area (Å²) in [4.78, 5) is 19.6. The number of benzene rings is 1. The molecule has 0 fully saturated rings. The second-order valence-electron chi connectivity index (χ2n) is 3.93. The minimum atomic E-state index is -0.227. The molecule has 2 rings (SSSR count). The standard InChI is InChI=1S/C15H13N3O2/c19-8-2-1-3-12-4-6-13(7-5-12)15(20)18-14-9-16-11-17-10-14/h4-7,9-11,19H,2,8H2,(H,18,20). The molecule has 1 aromatic carbocycles. The van der Waals surface area contributed by atoms with Gasteiger partial charge in [0.15, 0.2) is 0 Å². The molecular formula is C15H13N3O2. The van der Waals surface area contributed by atoms with Gasteiger partial charge in [-0.25, -0.2) is 9.97 Å². The molecule has 0 unspecified atom stereocenters. The van der Waals surface area contributed by atoms with E-state index in [1.54, 1.807) is 24.3 Å². The molecule has 0 bridgehead atoms. The summed E-state index contributed by atoms with van der Waals surface area (Å²) in [6.07, 6.45) is 4.89. The van der Waals surface area contributed by atoms with Gasteiger partial charge in [0.1, 0.15) is 6.33 Å². The number of nitrogens with one attached hydrogen (secondary N) is 1. The molecule has 0 saturated carbocycles. The Morgan fingerprint density at radius 3 is 2.55 bits per heavy atom. The lowest BCUT2D eigenvalue weighted by Crippen LogP contribution is -2.12. The summed E-state index contributed by atoms with van der Waals surface area (Å²) < 4.78 is 0. The number of carbonyl (C=O) groups is 1. The van der Waals surface area contributed by atoms with Gasteiger partial charge in [0.25, 0.3) is 5.91 Å². The highest BCUT2D eigenvalue weighted by atomic mass is 16.2. The van der Waals surface area contributed by atoms with Crippen molar-refractivity contribution in [2.75, 3.05) is 11.9 Å². The highest BCUT2D eigenvalue weighted by Gasteiger charge is 2.05. The number of hydrogen-bond acceptors (Lipinski definition) is 4. The minimum absolute atomic E-state index is 0.0483. The number of aliphatic hydroxyl groups excluding tert-OH is 1. The number of rotatable bonds is 3. The number of nitrogens with zero attached hydrogens (tertiary/aromatic N) is 2. The third kappa shape index (κ3) is 3.90. The van der Waals surface area contributed by atoms with Gasteiger partial charge in [0.05, 0.1) is 24.7 Å². The van der Waals surface area contributed by atoms with Gasteiger partial charge in [0, 0.05) is 17.5 Å². The van der Waals surface area contributed by atoms with Gasteiger partial charge in [-0.2, -0.15) is 0 Å². The molecule has 0 saturated heterocycles. The van der Waals surface area contributed by atoms with Gasteiger partial charge in [-0.3, -0.25) is 4.79 Å². The summed E-state index contributed by atoms with van der Waals surface area (Å²) >= 11 is 0. The number of hydrogen-bond donors (Lipinski definition) is 2. The van der Waals surface area contributed by atoms with Crippen LogP contribution < -0.4 is 5.32 Å². The normalized spacial score (nSPS) is 9.45. The van der Waals surface area contributed by atoms with E-state index in [1.165, 1.54) is 18.7 Å². The molecule has 0 aliphatic rings. The topological polar surface area (TPSA) is 75.1 Å². The van der Waals surface area contributed by atoms with Gasteiger partial charge in [-0.1, -0.05) is 11.8 Å². The van der Waals surface area contributed by atoms with Crippen molar-refractivity contribution in [2.45, 2.75) is 6.42 Å². The van der Waals surface area contributed by atoms with Gasteiger partial charge >= 0.3 is 0 Å². The van der Waals surface area contributed by atoms with Gasteiger partial charge in [-0.05, 0) is 24.3 Å². The highest BCUT2D eigenvalue weighted by molar-refractivity contribution is 6.04. The predicted molar refractivity (Wildman–Crippen MR) is 75.0 cm³/mol. The molecule has 2 N–H and O–H groups in total. The van der Waals surface area contributed by atoms with Crippen LogP contribution in [-0.4, -0.2) is 27.6 Å². The summed E-state index contributed by atoms with van der Waals surface area (Å²) in [5, 5.41) is 11.3. The molecule has 0 aliphatic heterocycles. The number of anilines is 1. The Morgan fingerprint density at radius 1 is 1.20 bits per heavy atom. The van der Waals surface area contributed by atoms with Crippen LogP contribution in [0.1, 0.15) is 22.3 Å². The molecule has 1 amide bonds. The van der Waals surface area contributed by atoms with Crippen LogP contribution >= 0.6 is 0 Å². The number of amides is 1. The van der Waals surface area contributed by atoms with E-state index in [2.05, 4.69) is 27.1 Å². The largest absolute Gasteiger partial charge is 0.395 e. The molecule has 100 valence electrons. The molecule has 2 aromatic rings. The Morgan fingerprint density at radius 2 is 1.90 bits per heavy atom. The maximum absolute atomic E-state index is 11.9. The Hall–Kier alpha value is -2.71. The molecule has 0 atom stereocenters. The lowest BCUT2D eigenvalue weighted by atomic mass is 10.1. The van der Waals surface area contributed by atoms with Crippen LogP contribution in [0, 0.1) is 11.8 Å². The predicted octanol–water partition coefficient (Wildman–Crippen LogP) is 1.46. The third-order valence-corrected chi connectivity index (χ3v) is 2.44. The summed E-state index contributed by atoms with van der Waals surface area (Å²) in [5.41, 5.74) is 1.88. The molecule has 0 spiro atoms. The third-order valence-electron chi connectivity index (χ3n) is 2.44. The average molecular weight is 267 g/mol. The van der Waals surface area contributed by atoms with Crippen molar-refractivity contribution < 1.29 is 9.90 Å². The van der Waals surface area contributed by atoms with Crippen molar-refractivity contribution in [3.63, 3.8) is 0 Å². The highest BCUT2D eigenvalue weighted by Crippen LogP contribution is 2.07. The SMILES string of the molecule is O=C(Nc1cncnc1)c1ccc(C#CCCO)cc1. The van der Waals surface area contributed by atoms with E-state index in [0.717, 1.165) is 5.56 Å². The van der Waals surface area contributed by atoms with E-state index in [4.69, 9.17) is 5.11 Å². The molecule has 5 heteroatoms. The summed E-state index contributed by atoms with van der Waals surface area (Å²) in [6.45, 7) is 0.0483. The molecule has 5 nitrogen and oxygen atoms in total. The van der Waals surface area contributed by atoms with Crippen molar-refractivity contribution in [3.05, 3.63) is 54.1 Å². The Labute approximate surface area is 116 Å². The van der Waals surface area contributed by atoms with Crippen LogP contribution in [0.4, 0.5) is 5.69 Å². The second-order valence-corrected chi connectivity index (χ2v) is 3.93. The Kier molecular flexibility index (Phi) is 4.81. The van der Waals surface area contributed by atoms with Crippen molar-refractivity contribution >= 4 is 11.6 Å². The summed E-state index contributed by atoms with van der Waals surface area (Å²) in [7, 11) is 0. The van der Waals surface area contributed by atoms with E-state index in [1.807, 2.05) is 0 Å². The van der Waals surface area contributed by atoms with Crippen molar-refractivity contribution in [2.24, 2.45) is 0 Å². The second kappa shape index (κ2) is 7.02. The zero-order valence-corrected chi connectivity index (χ0v) is 10.7. The first kappa shape index (κ1) is 13.7. The minimum Gasteiger partial charge on any atom is -0.395 e. The quantitative estimate of drug-likeness (QED) is 0.826. The number of aliphatic hydroxyl groups is 1. The lowest BCUT2D eigenvalue weighted by molar-refractivity contribution is 0.102. The van der Waals surface area contributed by atoms with Crippen molar-refractivity contribution in [3.8, 4) is 11.8 Å². The zero-order valence-electron chi connectivity index (χ0n) is 10.7. The monoisotopic (exact) mass is 267 g/mol. The molecule has 0 aliphatic carbocycles. The van der Waals surface area contributed by atoms with Gasteiger partial charge in [0.2, 0.25) is 0 Å². The average Bonchev–Trinajstić information content (AvgIpc) is 2.49. The van der Waals surface area contributed by atoms with E-state index in [9.17, 15) is 4.79 Å². The molecule has 1 heterocycles. The summed E-state index contributed by atoms with van der Waals surface area (Å²) in [5.74, 6) is 5.50. The van der Waals surface area contributed by atoms with E-state index < -0.39 is 0 Å². The maximum atomic E-state index is 11.9. The first-order valence-corrected chi connectivity index (χ1v) is 6.06. The van der Waals surface area contributed by atoms with Crippen LogP contribution in [0.25, 0.3) is 0 Å². The van der Waals surface area contributed by atoms with Crippen molar-refractivity contribution in [1.29, 1.82) is 0 Å². The fourth-order valence-electron chi connectivity index (χ4n) is 1.49. The van der Waals surface area contributed by atoms with Crippen LogP contribution in [0.5, 0.6) is 0 Å². The lowest BCUT2D eigenvalue weighted by Gasteiger charge is -2.03. The fourth-order valence-corrected chi connectivity index (χ4v) is 1.49. The molecule has 1 aromatic heterocycles. The van der Waals surface area contributed by atoms with Gasteiger partial charge < -0.3 is 10.4 Å². The molecular weight excluding hydrogens is 254 g/mol. The maximum Gasteiger partial charge on any atom is 0.255 e. The fraction of sp³-hybridized carbons (Fsp3) is 0.133. The van der Waals surface area contributed by atoms with Crippen LogP contribution in [0.3, 0.4) is 0 Å². The molecule has 0 radical (unpaired) electrons. The Balaban J connectivity index is 2.03. The van der Waals surface area contributed by atoms with E-state index in [0.29, 0.717) is 17.7 Å². The number of aromatic nitrogens is 2. The van der Waals surface area contributed by atoms with Crippen LogP contribution in [0.2, 0.25) is 0 Å². The summed E-state index contributed by atoms with van der Waals surface area (Å²) in [6, 6.07) is 6.92. The first-order chi connectivity index (χ1) is 9.79. The van der Waals surface area contributed by atoms with Crippen LogP contribution in [-0.2, 0) is 0 Å². The van der Waals surface area contributed by atoms with Gasteiger partial charge in [-0.15, -0.1) is 0 Å². The van der Waals surface area contributed by atoms with E-state index >= 15 is 0 Å². The first-order valence-electron chi connectivity index (χ1n) is 6.06. The number of carbonyl (C=O) groups excluding carboxylic acids is 1. The molecule has 20 heavy (non-hydrogen) atoms. The zero-order chi connectivity index (χ0) is 14.2. The van der Waals surface area contributed by atoms with Crippen LogP contribution in [0.15, 0.2) is 43.0 Å². The van der Waals surface area contributed by atoms with Crippen molar-refractivity contribution in [1.82, 2.24) is 9.97 Å². The van der Waals surface area contributed by atoms with E-state index in [-0.39, 0.29) is 12.5 Å². The Bertz CT molecular complexity index is 628. The smallest absolute Gasteiger partial charge is 0.255 e.